The molecule has 0 atom stereocenters. The van der Waals surface area contributed by atoms with Gasteiger partial charge in [-0.3, -0.25) is 0 Å². The van der Waals surface area contributed by atoms with Gasteiger partial charge >= 0.3 is 12.1 Å². The van der Waals surface area contributed by atoms with Crippen LogP contribution in [0.4, 0.5) is 13.2 Å². The van der Waals surface area contributed by atoms with Crippen LogP contribution in [0.15, 0.2) is 0 Å². The van der Waals surface area contributed by atoms with Crippen molar-refractivity contribution in [2.75, 3.05) is 40.0 Å². The van der Waals surface area contributed by atoms with E-state index in [1.807, 2.05) is 0 Å². The van der Waals surface area contributed by atoms with Gasteiger partial charge in [0.25, 0.3) is 0 Å². The average Bonchev–Trinajstić information content (AvgIpc) is 2.21. The normalized spacial score (nSPS) is 11.9. The maximum atomic E-state index is 11.9. The zero-order valence-electron chi connectivity index (χ0n) is 10.0. The van der Waals surface area contributed by atoms with Crippen molar-refractivity contribution in [3.63, 3.8) is 0 Å². The lowest BCUT2D eigenvalue weighted by atomic mass is 10.4. The standard InChI is InChI=1S/C10H18F3NO3/c1-3-17-9(15)8-16-7-6-14(2)5-4-10(11,12)13/h3-8H2,1-2H3. The second-order valence-corrected chi connectivity index (χ2v) is 3.53. The zero-order chi connectivity index (χ0) is 13.3. The first-order chi connectivity index (χ1) is 7.85. The van der Waals surface area contributed by atoms with Gasteiger partial charge in [0.1, 0.15) is 6.61 Å². The van der Waals surface area contributed by atoms with Gasteiger partial charge in [-0.15, -0.1) is 0 Å². The van der Waals surface area contributed by atoms with Crippen LogP contribution < -0.4 is 0 Å². The fourth-order valence-corrected chi connectivity index (χ4v) is 1.01. The molecule has 7 heteroatoms. The first-order valence-corrected chi connectivity index (χ1v) is 5.34. The molecule has 102 valence electrons. The van der Waals surface area contributed by atoms with Crippen LogP contribution in [0.2, 0.25) is 0 Å². The van der Waals surface area contributed by atoms with Crippen LogP contribution in [0.25, 0.3) is 0 Å². The number of carbonyl (C=O) groups is 1. The highest BCUT2D eigenvalue weighted by molar-refractivity contribution is 5.70. The monoisotopic (exact) mass is 257 g/mol. The van der Waals surface area contributed by atoms with E-state index in [0.29, 0.717) is 6.54 Å². The second-order valence-electron chi connectivity index (χ2n) is 3.53. The van der Waals surface area contributed by atoms with Crippen molar-refractivity contribution in [1.82, 2.24) is 4.90 Å². The number of likely N-dealkylation sites (N-methyl/N-ethyl adjacent to an activating group) is 1. The summed E-state index contributed by atoms with van der Waals surface area (Å²) >= 11 is 0. The number of hydrogen-bond donors (Lipinski definition) is 0. The van der Waals surface area contributed by atoms with E-state index in [1.54, 1.807) is 14.0 Å². The van der Waals surface area contributed by atoms with E-state index in [4.69, 9.17) is 4.74 Å². The van der Waals surface area contributed by atoms with Crippen molar-refractivity contribution in [2.24, 2.45) is 0 Å². The lowest BCUT2D eigenvalue weighted by molar-refractivity contribution is -0.148. The number of nitrogens with zero attached hydrogens (tertiary/aromatic N) is 1. The number of halogens is 3. The number of rotatable bonds is 8. The molecule has 0 saturated carbocycles. The smallest absolute Gasteiger partial charge is 0.390 e. The van der Waals surface area contributed by atoms with Gasteiger partial charge < -0.3 is 14.4 Å². The molecule has 4 nitrogen and oxygen atoms in total. The fourth-order valence-electron chi connectivity index (χ4n) is 1.01. The molecule has 0 amide bonds. The Morgan fingerprint density at radius 3 is 2.47 bits per heavy atom. The van der Waals surface area contributed by atoms with Crippen LogP contribution in [0, 0.1) is 0 Å². The van der Waals surface area contributed by atoms with Crippen LogP contribution in [0.3, 0.4) is 0 Å². The molecule has 17 heavy (non-hydrogen) atoms. The maximum Gasteiger partial charge on any atom is 0.390 e. The van der Waals surface area contributed by atoms with E-state index in [2.05, 4.69) is 4.74 Å². The molecule has 0 aliphatic rings. The molecule has 0 heterocycles. The van der Waals surface area contributed by atoms with Crippen molar-refractivity contribution >= 4 is 5.97 Å². The summed E-state index contributed by atoms with van der Waals surface area (Å²) in [6.07, 6.45) is -4.98. The number of ether oxygens (including phenoxy) is 2. The Morgan fingerprint density at radius 1 is 1.29 bits per heavy atom. The Kier molecular flexibility index (Phi) is 7.90. The second kappa shape index (κ2) is 8.30. The van der Waals surface area contributed by atoms with Crippen molar-refractivity contribution in [3.05, 3.63) is 0 Å². The summed E-state index contributed by atoms with van der Waals surface area (Å²) in [5.74, 6) is -0.467. The van der Waals surface area contributed by atoms with E-state index in [1.165, 1.54) is 4.90 Å². The Labute approximate surface area is 98.7 Å². The molecule has 0 aromatic carbocycles. The maximum absolute atomic E-state index is 11.9. The first kappa shape index (κ1) is 16.2. The van der Waals surface area contributed by atoms with Crippen molar-refractivity contribution in [2.45, 2.75) is 19.5 Å². The molecular weight excluding hydrogens is 239 g/mol. The third-order valence-corrected chi connectivity index (χ3v) is 1.92. The van der Waals surface area contributed by atoms with Crippen molar-refractivity contribution in [3.8, 4) is 0 Å². The summed E-state index contributed by atoms with van der Waals surface area (Å²) in [5.41, 5.74) is 0. The summed E-state index contributed by atoms with van der Waals surface area (Å²) < 4.78 is 45.2. The molecule has 0 radical (unpaired) electrons. The first-order valence-electron chi connectivity index (χ1n) is 5.34. The Bertz CT molecular complexity index is 221. The highest BCUT2D eigenvalue weighted by Gasteiger charge is 2.26. The molecule has 0 unspecified atom stereocenters. The molecule has 0 rings (SSSR count). The molecule has 0 aliphatic heterocycles. The van der Waals surface area contributed by atoms with Gasteiger partial charge in [0.2, 0.25) is 0 Å². The number of carbonyl (C=O) groups excluding carboxylic acids is 1. The summed E-state index contributed by atoms with van der Waals surface area (Å²) in [5, 5.41) is 0. The van der Waals surface area contributed by atoms with E-state index < -0.39 is 18.6 Å². The van der Waals surface area contributed by atoms with Crippen molar-refractivity contribution in [1.29, 1.82) is 0 Å². The van der Waals surface area contributed by atoms with E-state index in [0.717, 1.165) is 0 Å². The third kappa shape index (κ3) is 11.4. The highest BCUT2D eigenvalue weighted by Crippen LogP contribution is 2.19. The summed E-state index contributed by atoms with van der Waals surface area (Å²) in [6, 6.07) is 0. The fraction of sp³-hybridized carbons (Fsp3) is 0.900. The average molecular weight is 257 g/mol. The minimum Gasteiger partial charge on any atom is -0.464 e. The van der Waals surface area contributed by atoms with E-state index >= 15 is 0 Å². The minimum absolute atomic E-state index is 0.0771. The lowest BCUT2D eigenvalue weighted by Crippen LogP contribution is -2.28. The minimum atomic E-state index is -4.14. The lowest BCUT2D eigenvalue weighted by Gasteiger charge is -2.17. The number of esters is 1. The van der Waals surface area contributed by atoms with Gasteiger partial charge in [0.15, 0.2) is 0 Å². The zero-order valence-corrected chi connectivity index (χ0v) is 10.0. The predicted molar refractivity (Wildman–Crippen MR) is 55.6 cm³/mol. The topological polar surface area (TPSA) is 38.8 Å². The van der Waals surface area contributed by atoms with Gasteiger partial charge in [-0.2, -0.15) is 13.2 Å². The van der Waals surface area contributed by atoms with E-state index in [-0.39, 0.29) is 26.4 Å². The molecular formula is C10H18F3NO3. The molecule has 0 spiro atoms. The molecule has 0 aliphatic carbocycles. The van der Waals surface area contributed by atoms with E-state index in [9.17, 15) is 18.0 Å². The van der Waals surface area contributed by atoms with Crippen molar-refractivity contribution < 1.29 is 27.4 Å². The summed E-state index contributed by atoms with van der Waals surface area (Å²) in [7, 11) is 1.57. The van der Waals surface area contributed by atoms with Crippen LogP contribution in [-0.4, -0.2) is 57.0 Å². The summed E-state index contributed by atoms with van der Waals surface area (Å²) in [4.78, 5) is 12.3. The van der Waals surface area contributed by atoms with Gasteiger partial charge in [-0.05, 0) is 14.0 Å². The van der Waals surface area contributed by atoms with Gasteiger partial charge in [-0.1, -0.05) is 0 Å². The molecule has 0 aromatic rings. The molecule has 0 fully saturated rings. The summed E-state index contributed by atoms with van der Waals surface area (Å²) in [6.45, 7) is 2.27. The molecule has 0 bridgehead atoms. The Balaban J connectivity index is 3.45. The SMILES string of the molecule is CCOC(=O)COCCN(C)CCC(F)(F)F. The van der Waals surface area contributed by atoms with Crippen LogP contribution >= 0.6 is 0 Å². The van der Waals surface area contributed by atoms with Gasteiger partial charge in [0, 0.05) is 13.1 Å². The van der Waals surface area contributed by atoms with Crippen LogP contribution in [-0.2, 0) is 14.3 Å². The van der Waals surface area contributed by atoms with Gasteiger partial charge in [0.05, 0.1) is 19.6 Å². The number of alkyl halides is 3. The van der Waals surface area contributed by atoms with Crippen LogP contribution in [0.5, 0.6) is 0 Å². The van der Waals surface area contributed by atoms with Crippen LogP contribution in [0.1, 0.15) is 13.3 Å². The number of hydrogen-bond acceptors (Lipinski definition) is 4. The quantitative estimate of drug-likeness (QED) is 0.487. The Hall–Kier alpha value is -0.820. The highest BCUT2D eigenvalue weighted by atomic mass is 19.4. The van der Waals surface area contributed by atoms with Gasteiger partial charge in [-0.25, -0.2) is 4.79 Å². The largest absolute Gasteiger partial charge is 0.464 e. The Morgan fingerprint density at radius 2 is 1.94 bits per heavy atom. The molecule has 0 N–H and O–H groups in total. The molecule has 0 aromatic heterocycles. The third-order valence-electron chi connectivity index (χ3n) is 1.92. The predicted octanol–water partition coefficient (Wildman–Crippen LogP) is 1.45. The molecule has 0 saturated heterocycles.